The molecule has 0 unspecified atom stereocenters. The molecule has 0 aliphatic heterocycles. The summed E-state index contributed by atoms with van der Waals surface area (Å²) in [5.74, 6) is 0.209. The minimum absolute atomic E-state index is 0.0722. The average molecular weight is 356 g/mol. The van der Waals surface area contributed by atoms with Gasteiger partial charge in [-0.05, 0) is 37.1 Å². The number of halogens is 1. The van der Waals surface area contributed by atoms with E-state index in [4.69, 9.17) is 10.7 Å². The van der Waals surface area contributed by atoms with E-state index in [0.717, 1.165) is 17.7 Å². The van der Waals surface area contributed by atoms with Gasteiger partial charge < -0.3 is 0 Å². The summed E-state index contributed by atoms with van der Waals surface area (Å²) < 4.78 is 48.0. The third-order valence-electron chi connectivity index (χ3n) is 2.63. The molecule has 1 aliphatic rings. The Morgan fingerprint density at radius 2 is 1.75 bits per heavy atom. The van der Waals surface area contributed by atoms with Crippen molar-refractivity contribution in [1.29, 1.82) is 0 Å². The molecule has 0 spiro atoms. The molecule has 0 aromatic heterocycles. The summed E-state index contributed by atoms with van der Waals surface area (Å²) in [4.78, 5) is 1.02. The maximum Gasteiger partial charge on any atom is 0.240 e. The predicted octanol–water partition coefficient (Wildman–Crippen LogP) is 1.79. The molecule has 0 heterocycles. The third-order valence-corrected chi connectivity index (χ3v) is 6.59. The zero-order chi connectivity index (χ0) is 14.8. The molecule has 112 valence electrons. The Morgan fingerprint density at radius 3 is 2.25 bits per heavy atom. The molecule has 0 saturated heterocycles. The smallest absolute Gasteiger partial charge is 0.212 e. The molecule has 5 nitrogen and oxygen atoms in total. The van der Waals surface area contributed by atoms with Crippen molar-refractivity contribution in [1.82, 2.24) is 4.72 Å². The number of hydrogen-bond donors (Lipinski definition) is 1. The molecule has 9 heteroatoms. The topological polar surface area (TPSA) is 80.3 Å². The summed E-state index contributed by atoms with van der Waals surface area (Å²) in [5.41, 5.74) is 0. The van der Waals surface area contributed by atoms with Crippen LogP contribution < -0.4 is 4.72 Å². The van der Waals surface area contributed by atoms with Crippen LogP contribution in [0.25, 0.3) is 0 Å². The summed E-state index contributed by atoms with van der Waals surface area (Å²) in [5, 5.41) is 0. The van der Waals surface area contributed by atoms with Crippen LogP contribution in [0.2, 0.25) is 0 Å². The number of sulfonamides is 1. The van der Waals surface area contributed by atoms with Crippen molar-refractivity contribution in [2.24, 2.45) is 0 Å². The molecule has 0 radical (unpaired) electrons. The fourth-order valence-corrected chi connectivity index (χ4v) is 5.03. The van der Waals surface area contributed by atoms with Crippen molar-refractivity contribution in [3.63, 3.8) is 0 Å². The molecule has 0 atom stereocenters. The van der Waals surface area contributed by atoms with Gasteiger partial charge in [-0.1, -0.05) is 0 Å². The molecule has 1 saturated carbocycles. The number of benzene rings is 1. The van der Waals surface area contributed by atoms with Gasteiger partial charge in [-0.3, -0.25) is 0 Å². The van der Waals surface area contributed by atoms with Gasteiger partial charge in [-0.15, -0.1) is 11.8 Å². The second kappa shape index (κ2) is 6.23. The molecule has 1 aromatic rings. The highest BCUT2D eigenvalue weighted by molar-refractivity contribution is 8.14. The van der Waals surface area contributed by atoms with Crippen molar-refractivity contribution < 1.29 is 16.8 Å². The monoisotopic (exact) mass is 355 g/mol. The van der Waals surface area contributed by atoms with E-state index in [2.05, 4.69) is 4.72 Å². The first-order valence-corrected chi connectivity index (χ1v) is 10.9. The lowest BCUT2D eigenvalue weighted by molar-refractivity contribution is 0.581. The number of hydrogen-bond acceptors (Lipinski definition) is 5. The fraction of sp³-hybridized carbons (Fsp3) is 0.455. The van der Waals surface area contributed by atoms with Crippen LogP contribution in [0.1, 0.15) is 12.8 Å². The summed E-state index contributed by atoms with van der Waals surface area (Å²) >= 11 is 1.31. The Labute approximate surface area is 127 Å². The highest BCUT2D eigenvalue weighted by Crippen LogP contribution is 2.24. The van der Waals surface area contributed by atoms with Crippen LogP contribution in [0.4, 0.5) is 0 Å². The second-order valence-electron chi connectivity index (χ2n) is 4.46. The van der Waals surface area contributed by atoms with Crippen molar-refractivity contribution in [3.05, 3.63) is 24.3 Å². The maximum atomic E-state index is 11.9. The first-order chi connectivity index (χ1) is 9.26. The van der Waals surface area contributed by atoms with E-state index >= 15 is 0 Å². The Balaban J connectivity index is 1.95. The molecular formula is C11H14ClNO4S3. The van der Waals surface area contributed by atoms with E-state index in [9.17, 15) is 16.8 Å². The van der Waals surface area contributed by atoms with Crippen LogP contribution in [0.3, 0.4) is 0 Å². The van der Waals surface area contributed by atoms with Crippen LogP contribution in [-0.2, 0) is 19.1 Å². The molecule has 1 fully saturated rings. The van der Waals surface area contributed by atoms with Crippen molar-refractivity contribution in [2.45, 2.75) is 28.7 Å². The standard InChI is InChI=1S/C11H14ClNO4S3/c12-19(14,15)8-7-18-10-3-5-11(6-4-10)20(16,17)13-9-1-2-9/h3-6,9,13H,1-2,7-8H2. The van der Waals surface area contributed by atoms with Crippen LogP contribution in [0.15, 0.2) is 34.1 Å². The zero-order valence-corrected chi connectivity index (χ0v) is 13.7. The Morgan fingerprint density at radius 1 is 1.15 bits per heavy atom. The molecule has 0 bridgehead atoms. The van der Waals surface area contributed by atoms with Crippen LogP contribution >= 0.6 is 22.4 Å². The average Bonchev–Trinajstić information content (AvgIpc) is 3.11. The Bertz CT molecular complexity index is 666. The van der Waals surface area contributed by atoms with E-state index in [1.54, 1.807) is 12.1 Å². The first kappa shape index (κ1) is 16.1. The van der Waals surface area contributed by atoms with E-state index in [1.807, 2.05) is 0 Å². The van der Waals surface area contributed by atoms with Crippen LogP contribution in [-0.4, -0.2) is 34.4 Å². The van der Waals surface area contributed by atoms with Crippen molar-refractivity contribution >= 4 is 41.5 Å². The van der Waals surface area contributed by atoms with Crippen molar-refractivity contribution in [2.75, 3.05) is 11.5 Å². The van der Waals surface area contributed by atoms with E-state index in [0.29, 0.717) is 5.75 Å². The fourth-order valence-electron chi connectivity index (χ4n) is 1.46. The first-order valence-electron chi connectivity index (χ1n) is 5.94. The maximum absolute atomic E-state index is 11.9. The highest BCUT2D eigenvalue weighted by Gasteiger charge is 2.27. The summed E-state index contributed by atoms with van der Waals surface area (Å²) in [7, 11) is -1.81. The molecule has 2 rings (SSSR count). The van der Waals surface area contributed by atoms with Crippen LogP contribution in [0.5, 0.6) is 0 Å². The normalized spacial score (nSPS) is 16.2. The van der Waals surface area contributed by atoms with Gasteiger partial charge in [0.05, 0.1) is 10.6 Å². The summed E-state index contributed by atoms with van der Waals surface area (Å²) in [6.45, 7) is 0. The lowest BCUT2D eigenvalue weighted by Gasteiger charge is -2.06. The minimum atomic E-state index is -3.49. The highest BCUT2D eigenvalue weighted by atomic mass is 35.7. The van der Waals surface area contributed by atoms with Gasteiger partial charge in [0.1, 0.15) is 0 Å². The largest absolute Gasteiger partial charge is 0.240 e. The quantitative estimate of drug-likeness (QED) is 0.595. The number of nitrogens with one attached hydrogen (secondary N) is 1. The summed E-state index contributed by atoms with van der Waals surface area (Å²) in [6.07, 6.45) is 1.78. The van der Waals surface area contributed by atoms with Gasteiger partial charge in [-0.25, -0.2) is 21.6 Å². The van der Waals surface area contributed by atoms with Gasteiger partial charge in [0.25, 0.3) is 0 Å². The van der Waals surface area contributed by atoms with Crippen molar-refractivity contribution in [3.8, 4) is 0 Å². The lowest BCUT2D eigenvalue weighted by Crippen LogP contribution is -2.25. The lowest BCUT2D eigenvalue weighted by atomic mass is 10.4. The zero-order valence-electron chi connectivity index (χ0n) is 10.5. The number of rotatable bonds is 7. The number of thioether (sulfide) groups is 1. The molecule has 1 aromatic carbocycles. The molecule has 20 heavy (non-hydrogen) atoms. The molecule has 1 N–H and O–H groups in total. The SMILES string of the molecule is O=S(=O)(Cl)CCSc1ccc(S(=O)(=O)NC2CC2)cc1. The van der Waals surface area contributed by atoms with Crippen LogP contribution in [0, 0.1) is 0 Å². The third kappa shape index (κ3) is 5.25. The van der Waals surface area contributed by atoms with E-state index in [1.165, 1.54) is 23.9 Å². The van der Waals surface area contributed by atoms with Gasteiger partial charge >= 0.3 is 0 Å². The van der Waals surface area contributed by atoms with Gasteiger partial charge in [-0.2, -0.15) is 0 Å². The van der Waals surface area contributed by atoms with E-state index in [-0.39, 0.29) is 16.7 Å². The predicted molar refractivity (Wildman–Crippen MR) is 80.1 cm³/mol. The Hall–Kier alpha value is -0.280. The molecule has 1 aliphatic carbocycles. The second-order valence-corrected chi connectivity index (χ2v) is 10.2. The van der Waals surface area contributed by atoms with Gasteiger partial charge in [0.15, 0.2) is 0 Å². The molecular weight excluding hydrogens is 342 g/mol. The Kier molecular flexibility index (Phi) is 5.01. The minimum Gasteiger partial charge on any atom is -0.212 e. The van der Waals surface area contributed by atoms with E-state index < -0.39 is 19.1 Å². The molecule has 0 amide bonds. The summed E-state index contributed by atoms with van der Waals surface area (Å²) in [6, 6.07) is 6.42. The van der Waals surface area contributed by atoms with Gasteiger partial charge in [0.2, 0.25) is 19.1 Å². The van der Waals surface area contributed by atoms with Gasteiger partial charge in [0, 0.05) is 27.4 Å².